The van der Waals surface area contributed by atoms with Gasteiger partial charge in [-0.1, -0.05) is 44.2 Å². The first-order valence-electron chi connectivity index (χ1n) is 5.40. The van der Waals surface area contributed by atoms with Crippen molar-refractivity contribution in [1.82, 2.24) is 0 Å². The van der Waals surface area contributed by atoms with Gasteiger partial charge < -0.3 is 0 Å². The summed E-state index contributed by atoms with van der Waals surface area (Å²) in [6, 6.07) is 10.4. The van der Waals surface area contributed by atoms with Gasteiger partial charge in [0.2, 0.25) is 0 Å². The topological polar surface area (TPSA) is 54.4 Å². The van der Waals surface area contributed by atoms with Crippen molar-refractivity contribution in [3.8, 4) is 0 Å². The van der Waals surface area contributed by atoms with Gasteiger partial charge in [-0.15, -0.1) is 0 Å². The van der Waals surface area contributed by atoms with Crippen LogP contribution >= 0.6 is 0 Å². The molecule has 0 heterocycles. The molecule has 0 saturated carbocycles. The number of benzene rings is 2. The number of hydrogen-bond acceptors (Lipinski definition) is 2. The summed E-state index contributed by atoms with van der Waals surface area (Å²) in [5.41, 5.74) is 1.08. The molecule has 2 aromatic carbocycles. The first-order valence-corrected chi connectivity index (χ1v) is 6.84. The van der Waals surface area contributed by atoms with Crippen LogP contribution in [-0.4, -0.2) is 42.5 Å². The van der Waals surface area contributed by atoms with E-state index in [0.29, 0.717) is 11.3 Å². The molecule has 0 aromatic heterocycles. The molecule has 18 heavy (non-hydrogen) atoms. The van der Waals surface area contributed by atoms with Gasteiger partial charge in [0.15, 0.2) is 0 Å². The number of rotatable bonds is 2. The molecular formula is C13H15NaO3S. The van der Waals surface area contributed by atoms with Crippen LogP contribution in [0.3, 0.4) is 0 Å². The van der Waals surface area contributed by atoms with E-state index in [1.807, 2.05) is 12.1 Å². The summed E-state index contributed by atoms with van der Waals surface area (Å²) in [5, 5.41) is 1.44. The zero-order chi connectivity index (χ0) is 12.6. The summed E-state index contributed by atoms with van der Waals surface area (Å²) in [6.07, 6.45) is 0. The Hall–Kier alpha value is -0.390. The molecule has 92 valence electrons. The van der Waals surface area contributed by atoms with Gasteiger partial charge in [-0.05, 0) is 22.9 Å². The molecule has 0 bridgehead atoms. The quantitative estimate of drug-likeness (QED) is 0.676. The van der Waals surface area contributed by atoms with Crippen molar-refractivity contribution in [2.75, 3.05) is 0 Å². The average molecular weight is 274 g/mol. The van der Waals surface area contributed by atoms with Crippen LogP contribution in [0.25, 0.3) is 10.8 Å². The summed E-state index contributed by atoms with van der Waals surface area (Å²) >= 11 is 0. The molecule has 0 aliphatic rings. The van der Waals surface area contributed by atoms with Gasteiger partial charge in [0, 0.05) is 5.39 Å². The van der Waals surface area contributed by atoms with Crippen molar-refractivity contribution < 1.29 is 13.0 Å². The van der Waals surface area contributed by atoms with E-state index in [4.69, 9.17) is 0 Å². The minimum absolute atomic E-state index is 0. The van der Waals surface area contributed by atoms with Crippen molar-refractivity contribution in [3.05, 3.63) is 42.0 Å². The molecule has 0 amide bonds. The Balaban J connectivity index is 0.00000162. The van der Waals surface area contributed by atoms with Gasteiger partial charge in [-0.25, -0.2) is 0 Å². The van der Waals surface area contributed by atoms with E-state index in [0.717, 1.165) is 10.9 Å². The second-order valence-corrected chi connectivity index (χ2v) is 5.72. The monoisotopic (exact) mass is 274 g/mol. The summed E-state index contributed by atoms with van der Waals surface area (Å²) < 4.78 is 31.8. The minimum atomic E-state index is -4.17. The third-order valence-electron chi connectivity index (χ3n) is 2.82. The molecule has 0 atom stereocenters. The van der Waals surface area contributed by atoms with E-state index in [9.17, 15) is 13.0 Å². The summed E-state index contributed by atoms with van der Waals surface area (Å²) in [5.74, 6) is 0.301. The van der Waals surface area contributed by atoms with Crippen molar-refractivity contribution in [3.63, 3.8) is 0 Å². The van der Waals surface area contributed by atoms with Crippen molar-refractivity contribution in [1.29, 1.82) is 0 Å². The number of hydrogen-bond donors (Lipinski definition) is 1. The van der Waals surface area contributed by atoms with E-state index >= 15 is 0 Å². The second kappa shape index (κ2) is 5.72. The third kappa shape index (κ3) is 2.95. The van der Waals surface area contributed by atoms with Gasteiger partial charge >= 0.3 is 29.6 Å². The summed E-state index contributed by atoms with van der Waals surface area (Å²) in [7, 11) is -4.17. The summed E-state index contributed by atoms with van der Waals surface area (Å²) in [6.45, 7) is 4.10. The average Bonchev–Trinajstić information content (AvgIpc) is 2.26. The zero-order valence-electron chi connectivity index (χ0n) is 9.71. The molecule has 1 N–H and O–H groups in total. The maximum absolute atomic E-state index is 11.3. The van der Waals surface area contributed by atoms with Crippen molar-refractivity contribution in [2.24, 2.45) is 0 Å². The van der Waals surface area contributed by atoms with Crippen LogP contribution in [0.1, 0.15) is 25.3 Å². The molecular weight excluding hydrogens is 259 g/mol. The van der Waals surface area contributed by atoms with E-state index < -0.39 is 10.1 Å². The van der Waals surface area contributed by atoms with Crippen molar-refractivity contribution in [2.45, 2.75) is 24.7 Å². The molecule has 0 unspecified atom stereocenters. The molecule has 3 nitrogen and oxygen atoms in total. The fourth-order valence-electron chi connectivity index (χ4n) is 2.02. The maximum atomic E-state index is 11.3. The Bertz CT molecular complexity index is 663. The van der Waals surface area contributed by atoms with Crippen LogP contribution in [0.15, 0.2) is 41.3 Å². The molecule has 0 aliphatic carbocycles. The Morgan fingerprint density at radius 2 is 1.56 bits per heavy atom. The van der Waals surface area contributed by atoms with Gasteiger partial charge in [-0.3, -0.25) is 4.55 Å². The zero-order valence-corrected chi connectivity index (χ0v) is 10.5. The van der Waals surface area contributed by atoms with Gasteiger partial charge in [0.05, 0.1) is 0 Å². The second-order valence-electron chi connectivity index (χ2n) is 4.33. The SMILES string of the molecule is CC(C)c1ccc(S(=O)(=O)O)c2ccccc12.[NaH]. The van der Waals surface area contributed by atoms with Crippen LogP contribution in [0, 0.1) is 0 Å². The first kappa shape index (κ1) is 15.7. The normalized spacial score (nSPS) is 11.6. The van der Waals surface area contributed by atoms with E-state index in [-0.39, 0.29) is 34.5 Å². The third-order valence-corrected chi connectivity index (χ3v) is 3.73. The van der Waals surface area contributed by atoms with Crippen LogP contribution in [0.2, 0.25) is 0 Å². The Kier molecular flexibility index (Phi) is 4.98. The van der Waals surface area contributed by atoms with Crippen LogP contribution < -0.4 is 0 Å². The standard InChI is InChI=1S/C13H14O3S.Na.H/c1-9(2)10-7-8-13(17(14,15)16)12-6-4-3-5-11(10)12;;/h3-9H,1-2H3,(H,14,15,16);;. The van der Waals surface area contributed by atoms with Crippen LogP contribution in [0.4, 0.5) is 0 Å². The first-order chi connectivity index (χ1) is 7.91. The molecule has 0 fully saturated rings. The Labute approximate surface area is 129 Å². The van der Waals surface area contributed by atoms with Gasteiger partial charge in [0.1, 0.15) is 4.90 Å². The molecule has 5 heteroatoms. The summed E-state index contributed by atoms with van der Waals surface area (Å²) in [4.78, 5) is -0.0301. The predicted octanol–water partition coefficient (Wildman–Crippen LogP) is 2.56. The Morgan fingerprint density at radius 3 is 2.06 bits per heavy atom. The molecule has 0 saturated heterocycles. The Morgan fingerprint density at radius 1 is 1.00 bits per heavy atom. The van der Waals surface area contributed by atoms with Crippen LogP contribution in [0.5, 0.6) is 0 Å². The predicted molar refractivity (Wildman–Crippen MR) is 75.0 cm³/mol. The van der Waals surface area contributed by atoms with Gasteiger partial charge in [0.25, 0.3) is 10.1 Å². The van der Waals surface area contributed by atoms with E-state index in [1.54, 1.807) is 18.2 Å². The van der Waals surface area contributed by atoms with Gasteiger partial charge in [-0.2, -0.15) is 8.42 Å². The molecule has 0 spiro atoms. The molecule has 0 radical (unpaired) electrons. The molecule has 2 rings (SSSR count). The van der Waals surface area contributed by atoms with Crippen LogP contribution in [-0.2, 0) is 10.1 Å². The molecule has 2 aromatic rings. The van der Waals surface area contributed by atoms with E-state index in [2.05, 4.69) is 13.8 Å². The van der Waals surface area contributed by atoms with E-state index in [1.165, 1.54) is 6.07 Å². The molecule has 0 aliphatic heterocycles. The number of fused-ring (bicyclic) bond motifs is 1. The fourth-order valence-corrected chi connectivity index (χ4v) is 2.72. The van der Waals surface area contributed by atoms with Crippen molar-refractivity contribution >= 4 is 50.4 Å². The fraction of sp³-hybridized carbons (Fsp3) is 0.231.